The van der Waals surface area contributed by atoms with E-state index in [1.54, 1.807) is 18.2 Å². The highest BCUT2D eigenvalue weighted by atomic mass is 16.6. The Morgan fingerprint density at radius 2 is 1.44 bits per heavy atom. The second-order valence-electron chi connectivity index (χ2n) is 2.85. The maximum atomic E-state index is 11.4. The van der Waals surface area contributed by atoms with Crippen molar-refractivity contribution in [2.45, 2.75) is 0 Å². The van der Waals surface area contributed by atoms with Gasteiger partial charge in [-0.3, -0.25) is 19.3 Å². The first kappa shape index (κ1) is 12.2. The van der Waals surface area contributed by atoms with E-state index in [1.165, 1.54) is 20.3 Å². The van der Waals surface area contributed by atoms with E-state index in [9.17, 15) is 9.59 Å². The summed E-state index contributed by atoms with van der Waals surface area (Å²) in [4.78, 5) is 31.7. The Kier molecular flexibility index (Phi) is 4.43. The topological polar surface area (TPSA) is 76.7 Å². The monoisotopic (exact) mass is 224 g/mol. The molecule has 0 aromatic heterocycles. The van der Waals surface area contributed by atoms with Crippen molar-refractivity contribution in [3.63, 3.8) is 0 Å². The molecule has 0 fully saturated rings. The van der Waals surface area contributed by atoms with Gasteiger partial charge in [-0.2, -0.15) is 0 Å². The van der Waals surface area contributed by atoms with Crippen LogP contribution in [-0.2, 0) is 9.68 Å². The van der Waals surface area contributed by atoms with Crippen LogP contribution in [0.3, 0.4) is 0 Å². The molecule has 6 heteroatoms. The van der Waals surface area contributed by atoms with Crippen LogP contribution in [0, 0.1) is 0 Å². The van der Waals surface area contributed by atoms with Gasteiger partial charge in [0.2, 0.25) is 0 Å². The zero-order valence-electron chi connectivity index (χ0n) is 8.94. The molecule has 0 saturated carbocycles. The van der Waals surface area contributed by atoms with E-state index in [1.807, 2.05) is 0 Å². The van der Waals surface area contributed by atoms with Crippen molar-refractivity contribution in [3.05, 3.63) is 35.4 Å². The molecule has 2 N–H and O–H groups in total. The van der Waals surface area contributed by atoms with Crippen molar-refractivity contribution in [1.29, 1.82) is 0 Å². The fraction of sp³-hybridized carbons (Fsp3) is 0.200. The van der Waals surface area contributed by atoms with Crippen molar-refractivity contribution in [2.24, 2.45) is 0 Å². The third kappa shape index (κ3) is 3.04. The molecule has 6 nitrogen and oxygen atoms in total. The lowest BCUT2D eigenvalue weighted by Crippen LogP contribution is -2.24. The van der Waals surface area contributed by atoms with Crippen molar-refractivity contribution in [1.82, 2.24) is 11.0 Å². The van der Waals surface area contributed by atoms with Gasteiger partial charge in [0.15, 0.2) is 0 Å². The van der Waals surface area contributed by atoms with Gasteiger partial charge in [0, 0.05) is 11.1 Å². The Labute approximate surface area is 92.4 Å². The highest BCUT2D eigenvalue weighted by molar-refractivity contribution is 5.98. The third-order valence-corrected chi connectivity index (χ3v) is 1.78. The maximum Gasteiger partial charge on any atom is 0.274 e. The van der Waals surface area contributed by atoms with Crippen LogP contribution in [0.5, 0.6) is 0 Å². The summed E-state index contributed by atoms with van der Waals surface area (Å²) in [5.41, 5.74) is 4.97. The van der Waals surface area contributed by atoms with E-state index in [0.717, 1.165) is 0 Å². The van der Waals surface area contributed by atoms with E-state index in [-0.39, 0.29) is 0 Å². The second kappa shape index (κ2) is 5.84. The van der Waals surface area contributed by atoms with Crippen LogP contribution in [-0.4, -0.2) is 26.0 Å². The van der Waals surface area contributed by atoms with E-state index in [4.69, 9.17) is 0 Å². The minimum Gasteiger partial charge on any atom is -0.277 e. The summed E-state index contributed by atoms with van der Waals surface area (Å²) < 4.78 is 0. The van der Waals surface area contributed by atoms with E-state index < -0.39 is 11.8 Å². The zero-order chi connectivity index (χ0) is 12.0. The summed E-state index contributed by atoms with van der Waals surface area (Å²) in [5.74, 6) is -0.843. The third-order valence-electron chi connectivity index (χ3n) is 1.78. The molecule has 1 rings (SSSR count). The first-order valence-corrected chi connectivity index (χ1v) is 4.45. The SMILES string of the molecule is CONC(=O)c1cccc(C(=O)NOC)c1. The highest BCUT2D eigenvalue weighted by Crippen LogP contribution is 2.05. The van der Waals surface area contributed by atoms with Gasteiger partial charge in [-0.25, -0.2) is 11.0 Å². The van der Waals surface area contributed by atoms with Gasteiger partial charge in [-0.05, 0) is 18.2 Å². The van der Waals surface area contributed by atoms with Crippen LogP contribution in [0.2, 0.25) is 0 Å². The molecule has 0 heterocycles. The standard InChI is InChI=1S/C10H12N2O4/c1-15-11-9(13)7-4-3-5-8(6-7)10(14)12-16-2/h3-6H,1-2H3,(H,11,13)(H,12,14). The Morgan fingerprint density at radius 3 is 1.81 bits per heavy atom. The predicted octanol–water partition coefficient (Wildman–Crippen LogP) is 0.269. The first-order chi connectivity index (χ1) is 7.69. The summed E-state index contributed by atoms with van der Waals surface area (Å²) in [7, 11) is 2.67. The molecule has 0 atom stereocenters. The smallest absolute Gasteiger partial charge is 0.274 e. The maximum absolute atomic E-state index is 11.4. The van der Waals surface area contributed by atoms with Gasteiger partial charge >= 0.3 is 0 Å². The first-order valence-electron chi connectivity index (χ1n) is 4.45. The lowest BCUT2D eigenvalue weighted by atomic mass is 10.1. The largest absolute Gasteiger partial charge is 0.277 e. The molecule has 0 spiro atoms. The van der Waals surface area contributed by atoms with Gasteiger partial charge in [0.05, 0.1) is 14.2 Å². The molecular weight excluding hydrogens is 212 g/mol. The average Bonchev–Trinajstić information content (AvgIpc) is 2.30. The van der Waals surface area contributed by atoms with Gasteiger partial charge in [-0.1, -0.05) is 6.07 Å². The molecule has 0 unspecified atom stereocenters. The van der Waals surface area contributed by atoms with Crippen molar-refractivity contribution in [2.75, 3.05) is 14.2 Å². The number of hydrogen-bond acceptors (Lipinski definition) is 4. The van der Waals surface area contributed by atoms with E-state index >= 15 is 0 Å². The zero-order valence-corrected chi connectivity index (χ0v) is 8.94. The lowest BCUT2D eigenvalue weighted by Gasteiger charge is -2.05. The van der Waals surface area contributed by atoms with Gasteiger partial charge in [-0.15, -0.1) is 0 Å². The van der Waals surface area contributed by atoms with Crippen molar-refractivity contribution < 1.29 is 19.3 Å². The van der Waals surface area contributed by atoms with Crippen LogP contribution in [0.4, 0.5) is 0 Å². The van der Waals surface area contributed by atoms with E-state index in [2.05, 4.69) is 20.6 Å². The minimum absolute atomic E-state index is 0.325. The van der Waals surface area contributed by atoms with Gasteiger partial charge in [0.25, 0.3) is 11.8 Å². The molecular formula is C10H12N2O4. The van der Waals surface area contributed by atoms with Gasteiger partial charge < -0.3 is 0 Å². The molecule has 1 aromatic rings. The normalized spacial score (nSPS) is 9.62. The summed E-state index contributed by atoms with van der Waals surface area (Å²) in [6.07, 6.45) is 0. The lowest BCUT2D eigenvalue weighted by molar-refractivity contribution is 0.0533. The number of rotatable bonds is 4. The van der Waals surface area contributed by atoms with Crippen LogP contribution >= 0.6 is 0 Å². The number of hydrogen-bond donors (Lipinski definition) is 2. The fourth-order valence-corrected chi connectivity index (χ4v) is 1.10. The van der Waals surface area contributed by atoms with Crippen molar-refractivity contribution >= 4 is 11.8 Å². The molecule has 0 saturated heterocycles. The number of carbonyl (C=O) groups excluding carboxylic acids is 2. The fourth-order valence-electron chi connectivity index (χ4n) is 1.10. The Morgan fingerprint density at radius 1 is 1.00 bits per heavy atom. The highest BCUT2D eigenvalue weighted by Gasteiger charge is 2.09. The van der Waals surface area contributed by atoms with Crippen LogP contribution < -0.4 is 11.0 Å². The van der Waals surface area contributed by atoms with Gasteiger partial charge in [0.1, 0.15) is 0 Å². The Balaban J connectivity index is 2.86. The van der Waals surface area contributed by atoms with Crippen molar-refractivity contribution in [3.8, 4) is 0 Å². The molecule has 0 radical (unpaired) electrons. The molecule has 2 amide bonds. The minimum atomic E-state index is -0.422. The molecule has 1 aromatic carbocycles. The number of amides is 2. The molecule has 0 aliphatic heterocycles. The molecule has 16 heavy (non-hydrogen) atoms. The molecule has 0 aliphatic rings. The molecule has 0 aliphatic carbocycles. The van der Waals surface area contributed by atoms with Crippen LogP contribution in [0.1, 0.15) is 20.7 Å². The Hall–Kier alpha value is -1.92. The number of nitrogens with one attached hydrogen (secondary N) is 2. The second-order valence-corrected chi connectivity index (χ2v) is 2.85. The van der Waals surface area contributed by atoms with E-state index in [0.29, 0.717) is 11.1 Å². The predicted molar refractivity (Wildman–Crippen MR) is 55.4 cm³/mol. The summed E-state index contributed by atoms with van der Waals surface area (Å²) in [6.45, 7) is 0. The summed E-state index contributed by atoms with van der Waals surface area (Å²) >= 11 is 0. The number of hydroxylamine groups is 2. The number of carbonyl (C=O) groups is 2. The summed E-state index contributed by atoms with van der Waals surface area (Å²) in [5, 5.41) is 0. The number of benzene rings is 1. The Bertz CT molecular complexity index is 359. The van der Waals surface area contributed by atoms with Crippen LogP contribution in [0.25, 0.3) is 0 Å². The average molecular weight is 224 g/mol. The summed E-state index contributed by atoms with van der Waals surface area (Å²) in [6, 6.07) is 6.16. The van der Waals surface area contributed by atoms with Crippen LogP contribution in [0.15, 0.2) is 24.3 Å². The molecule has 0 bridgehead atoms. The molecule has 86 valence electrons. The quantitative estimate of drug-likeness (QED) is 0.720.